The molecular weight excluding hydrogens is 503 g/mol. The Balaban J connectivity index is 2.12. The number of carbonyl (C=O) groups is 2. The van der Waals surface area contributed by atoms with E-state index in [1.807, 2.05) is 0 Å². The van der Waals surface area contributed by atoms with Crippen molar-refractivity contribution in [3.05, 3.63) is 11.6 Å². The van der Waals surface area contributed by atoms with E-state index < -0.39 is 58.7 Å². The predicted octanol–water partition coefficient (Wildman–Crippen LogP) is 0.689. The van der Waals surface area contributed by atoms with Gasteiger partial charge in [-0.1, -0.05) is 0 Å². The van der Waals surface area contributed by atoms with Crippen molar-refractivity contribution in [2.24, 2.45) is 0 Å². The molecule has 4 atom stereocenters. The molecular formula is C15H15ClF3N5O8S. The van der Waals surface area contributed by atoms with E-state index >= 15 is 0 Å². The fourth-order valence-electron chi connectivity index (χ4n) is 3.00. The molecule has 18 heteroatoms. The lowest BCUT2D eigenvalue weighted by molar-refractivity contribution is -0.157. The number of esters is 2. The van der Waals surface area contributed by atoms with Crippen LogP contribution < -0.4 is 5.73 Å². The van der Waals surface area contributed by atoms with Crippen molar-refractivity contribution in [1.29, 1.82) is 0 Å². The molecule has 2 aromatic heterocycles. The zero-order chi connectivity index (χ0) is 24.7. The maximum Gasteiger partial charge on any atom is 0.523 e. The molecule has 3 heterocycles. The second-order valence-electron chi connectivity index (χ2n) is 6.60. The summed E-state index contributed by atoms with van der Waals surface area (Å²) in [4.78, 5) is 34.3. The summed E-state index contributed by atoms with van der Waals surface area (Å²) < 4.78 is 83.5. The number of nitrogens with two attached hydrogens (primary N) is 1. The van der Waals surface area contributed by atoms with Crippen LogP contribution in [-0.4, -0.2) is 70.3 Å². The first-order valence-electron chi connectivity index (χ1n) is 8.82. The highest BCUT2D eigenvalue weighted by atomic mass is 35.5. The number of hydrogen-bond acceptors (Lipinski definition) is 12. The summed E-state index contributed by atoms with van der Waals surface area (Å²) in [6, 6.07) is 0. The van der Waals surface area contributed by atoms with Crippen LogP contribution in [0.5, 0.6) is 0 Å². The fraction of sp³-hybridized carbons (Fsp3) is 0.533. The summed E-state index contributed by atoms with van der Waals surface area (Å²) in [5.41, 5.74) is -0.280. The highest BCUT2D eigenvalue weighted by Gasteiger charge is 2.56. The minimum atomic E-state index is -6.19. The Hall–Kier alpha value is -2.76. The number of rotatable bonds is 6. The van der Waals surface area contributed by atoms with Gasteiger partial charge in [0.15, 0.2) is 29.9 Å². The van der Waals surface area contributed by atoms with Crippen molar-refractivity contribution in [2.45, 2.75) is 43.9 Å². The number of nitrogen functional groups attached to an aromatic ring is 1. The van der Waals surface area contributed by atoms with Crippen LogP contribution in [0, 0.1) is 0 Å². The van der Waals surface area contributed by atoms with Crippen LogP contribution in [0.4, 0.5) is 19.0 Å². The van der Waals surface area contributed by atoms with Crippen LogP contribution in [-0.2, 0) is 38.1 Å². The monoisotopic (exact) mass is 517 g/mol. The summed E-state index contributed by atoms with van der Waals surface area (Å²) in [7, 11) is -6.19. The van der Waals surface area contributed by atoms with Crippen molar-refractivity contribution in [1.82, 2.24) is 19.5 Å². The molecule has 13 nitrogen and oxygen atoms in total. The molecule has 0 radical (unpaired) electrons. The lowest BCUT2D eigenvalue weighted by Crippen LogP contribution is -2.42. The first-order valence-corrected chi connectivity index (χ1v) is 10.6. The standard InChI is InChI=1S/C15H15ClF3N5O8S/c1-5(25)29-3-7-9(30-6(2)26)10(32-33(27,28)15(17,18)19)13(31-7)24-4-21-8-11(20)22-14(16)23-12(8)24/h4,7,9-10,13H,3H2,1-2H3,(H2,20,22,23)/t7-,9-,10-,13-/m1/s1. The molecule has 182 valence electrons. The fourth-order valence-corrected chi connectivity index (χ4v) is 3.78. The maximum absolute atomic E-state index is 13.1. The minimum absolute atomic E-state index is 0.0344. The van der Waals surface area contributed by atoms with E-state index in [2.05, 4.69) is 19.1 Å². The van der Waals surface area contributed by atoms with Crippen molar-refractivity contribution in [3.63, 3.8) is 0 Å². The van der Waals surface area contributed by atoms with Gasteiger partial charge in [-0.15, -0.1) is 0 Å². The van der Waals surface area contributed by atoms with E-state index in [1.54, 1.807) is 0 Å². The van der Waals surface area contributed by atoms with Crippen LogP contribution in [0.2, 0.25) is 5.28 Å². The number of halogens is 4. The SMILES string of the molecule is CC(=O)OC[C@H]1O[C@@H](n2cnc3c(N)nc(Cl)nc32)[C@H](OS(=O)(=O)C(F)(F)F)[C@@H]1OC(C)=O. The van der Waals surface area contributed by atoms with Gasteiger partial charge in [-0.3, -0.25) is 18.3 Å². The third-order valence-electron chi connectivity index (χ3n) is 4.25. The van der Waals surface area contributed by atoms with Gasteiger partial charge in [0.25, 0.3) is 0 Å². The Morgan fingerprint density at radius 1 is 1.24 bits per heavy atom. The van der Waals surface area contributed by atoms with E-state index in [9.17, 15) is 31.2 Å². The zero-order valence-electron chi connectivity index (χ0n) is 16.6. The van der Waals surface area contributed by atoms with Gasteiger partial charge in [0.1, 0.15) is 18.2 Å². The zero-order valence-corrected chi connectivity index (χ0v) is 18.2. The van der Waals surface area contributed by atoms with Crippen LogP contribution in [0.25, 0.3) is 11.2 Å². The molecule has 0 spiro atoms. The number of imidazole rings is 1. The second-order valence-corrected chi connectivity index (χ2v) is 8.51. The predicted molar refractivity (Wildman–Crippen MR) is 101 cm³/mol. The highest BCUT2D eigenvalue weighted by Crippen LogP contribution is 2.39. The van der Waals surface area contributed by atoms with Gasteiger partial charge in [-0.05, 0) is 11.6 Å². The molecule has 1 saturated heterocycles. The summed E-state index contributed by atoms with van der Waals surface area (Å²) in [6.07, 6.45) is -6.00. The van der Waals surface area contributed by atoms with Gasteiger partial charge in [-0.2, -0.15) is 31.6 Å². The summed E-state index contributed by atoms with van der Waals surface area (Å²) in [5.74, 6) is -1.97. The first kappa shape index (κ1) is 24.9. The third kappa shape index (κ3) is 5.10. The van der Waals surface area contributed by atoms with Crippen molar-refractivity contribution in [2.75, 3.05) is 12.3 Å². The van der Waals surface area contributed by atoms with Crippen molar-refractivity contribution in [3.8, 4) is 0 Å². The Morgan fingerprint density at radius 2 is 1.91 bits per heavy atom. The van der Waals surface area contributed by atoms with Crippen molar-refractivity contribution < 1.29 is 49.6 Å². The normalized spacial score (nSPS) is 23.6. The Kier molecular flexibility index (Phi) is 6.69. The molecule has 33 heavy (non-hydrogen) atoms. The average Bonchev–Trinajstić information content (AvgIpc) is 3.20. The van der Waals surface area contributed by atoms with E-state index in [0.717, 1.165) is 24.7 Å². The lowest BCUT2D eigenvalue weighted by atomic mass is 10.1. The summed E-state index contributed by atoms with van der Waals surface area (Å²) in [6.45, 7) is 1.35. The number of ether oxygens (including phenoxy) is 3. The molecule has 0 aliphatic carbocycles. The molecule has 0 aromatic carbocycles. The Morgan fingerprint density at radius 3 is 2.48 bits per heavy atom. The van der Waals surface area contributed by atoms with Crippen LogP contribution in [0.15, 0.2) is 6.33 Å². The lowest BCUT2D eigenvalue weighted by Gasteiger charge is -2.24. The Labute approximate surface area is 188 Å². The molecule has 1 fully saturated rings. The molecule has 1 aliphatic heterocycles. The number of nitrogens with zero attached hydrogens (tertiary/aromatic N) is 4. The van der Waals surface area contributed by atoms with Crippen LogP contribution >= 0.6 is 11.6 Å². The van der Waals surface area contributed by atoms with Gasteiger partial charge in [-0.25, -0.2) is 4.98 Å². The molecule has 0 bridgehead atoms. The van der Waals surface area contributed by atoms with Gasteiger partial charge in [0.2, 0.25) is 5.28 Å². The van der Waals surface area contributed by atoms with Crippen molar-refractivity contribution >= 4 is 50.6 Å². The van der Waals surface area contributed by atoms with E-state index in [-0.39, 0.29) is 22.3 Å². The number of anilines is 1. The summed E-state index contributed by atoms with van der Waals surface area (Å²) in [5, 5.41) is -0.354. The molecule has 0 amide bonds. The number of alkyl halides is 3. The van der Waals surface area contributed by atoms with E-state index in [1.165, 1.54) is 0 Å². The minimum Gasteiger partial charge on any atom is -0.463 e. The maximum atomic E-state index is 13.1. The molecule has 2 aromatic rings. The largest absolute Gasteiger partial charge is 0.523 e. The average molecular weight is 518 g/mol. The molecule has 3 rings (SSSR count). The van der Waals surface area contributed by atoms with Gasteiger partial charge in [0, 0.05) is 13.8 Å². The van der Waals surface area contributed by atoms with E-state index in [0.29, 0.717) is 0 Å². The van der Waals surface area contributed by atoms with Crippen LogP contribution in [0.1, 0.15) is 20.1 Å². The Bertz CT molecular complexity index is 1190. The number of hydrogen-bond donors (Lipinski definition) is 1. The van der Waals surface area contributed by atoms with E-state index in [4.69, 9.17) is 31.5 Å². The van der Waals surface area contributed by atoms with Gasteiger partial charge >= 0.3 is 27.6 Å². The summed E-state index contributed by atoms with van der Waals surface area (Å²) >= 11 is 5.79. The first-order chi connectivity index (χ1) is 15.2. The molecule has 2 N–H and O–H groups in total. The quantitative estimate of drug-likeness (QED) is 0.246. The van der Waals surface area contributed by atoms with Gasteiger partial charge < -0.3 is 19.9 Å². The number of aromatic nitrogens is 4. The third-order valence-corrected chi connectivity index (χ3v) is 5.47. The molecule has 0 saturated carbocycles. The van der Waals surface area contributed by atoms with Gasteiger partial charge in [0.05, 0.1) is 6.33 Å². The molecule has 1 aliphatic rings. The topological polar surface area (TPSA) is 175 Å². The molecule has 0 unspecified atom stereocenters. The second kappa shape index (κ2) is 8.88. The van der Waals surface area contributed by atoms with Crippen LogP contribution in [0.3, 0.4) is 0 Å². The number of fused-ring (bicyclic) bond motifs is 1. The number of carbonyl (C=O) groups excluding carboxylic acids is 2. The highest BCUT2D eigenvalue weighted by molar-refractivity contribution is 7.87. The smallest absolute Gasteiger partial charge is 0.463 e.